The molecule has 1 aromatic rings. The van der Waals surface area contributed by atoms with Crippen LogP contribution in [0.5, 0.6) is 0 Å². The summed E-state index contributed by atoms with van der Waals surface area (Å²) >= 11 is 0. The first-order valence-corrected chi connectivity index (χ1v) is 8.39. The molecule has 3 nitrogen and oxygen atoms in total. The molecule has 0 bridgehead atoms. The molecule has 1 aliphatic carbocycles. The summed E-state index contributed by atoms with van der Waals surface area (Å²) in [5.74, 6) is 0.900. The lowest BCUT2D eigenvalue weighted by Gasteiger charge is -2.30. The normalized spacial score (nSPS) is 18.2. The predicted octanol–water partition coefficient (Wildman–Crippen LogP) is 3.42. The maximum Gasteiger partial charge on any atom is 0.0624 e. The average Bonchev–Trinajstić information content (AvgIpc) is 3.22. The van der Waals surface area contributed by atoms with E-state index < -0.39 is 0 Å². The van der Waals surface area contributed by atoms with Crippen LogP contribution < -0.4 is 5.32 Å². The highest BCUT2D eigenvalue weighted by Gasteiger charge is 2.41. The summed E-state index contributed by atoms with van der Waals surface area (Å²) in [6.07, 6.45) is 6.23. The third-order valence-corrected chi connectivity index (χ3v) is 4.68. The summed E-state index contributed by atoms with van der Waals surface area (Å²) in [5, 5.41) is 8.35. The van der Waals surface area contributed by atoms with Gasteiger partial charge in [-0.25, -0.2) is 0 Å². The van der Waals surface area contributed by atoms with E-state index in [1.165, 1.54) is 30.7 Å². The predicted molar refractivity (Wildman–Crippen MR) is 85.0 cm³/mol. The van der Waals surface area contributed by atoms with Crippen molar-refractivity contribution in [2.75, 3.05) is 13.1 Å². The molecule has 1 heterocycles. The Hall–Kier alpha value is -0.830. The van der Waals surface area contributed by atoms with Crippen LogP contribution in [-0.4, -0.2) is 22.9 Å². The molecule has 1 aromatic heterocycles. The van der Waals surface area contributed by atoms with Crippen molar-refractivity contribution in [2.45, 2.75) is 66.3 Å². The standard InChI is InChI=1S/C17H31N3/c1-5-10-18-13-17(4,14-8-9-14)12-16-11-15(6-2)19-20(16)7-3/h11,14,18H,5-10,12-13H2,1-4H3. The van der Waals surface area contributed by atoms with E-state index in [-0.39, 0.29) is 0 Å². The smallest absolute Gasteiger partial charge is 0.0624 e. The lowest BCUT2D eigenvalue weighted by molar-refractivity contribution is 0.250. The summed E-state index contributed by atoms with van der Waals surface area (Å²) in [6.45, 7) is 12.3. The van der Waals surface area contributed by atoms with Gasteiger partial charge in [0.15, 0.2) is 0 Å². The largest absolute Gasteiger partial charge is 0.316 e. The van der Waals surface area contributed by atoms with Crippen molar-refractivity contribution in [1.29, 1.82) is 0 Å². The number of aromatic nitrogens is 2. The van der Waals surface area contributed by atoms with Crippen molar-refractivity contribution in [3.8, 4) is 0 Å². The van der Waals surface area contributed by atoms with Crippen LogP contribution in [0.15, 0.2) is 6.07 Å². The Morgan fingerprint density at radius 1 is 1.35 bits per heavy atom. The molecule has 0 saturated heterocycles. The summed E-state index contributed by atoms with van der Waals surface area (Å²) in [7, 11) is 0. The van der Waals surface area contributed by atoms with Gasteiger partial charge in [-0.2, -0.15) is 5.10 Å². The molecule has 1 atom stereocenters. The molecule has 2 rings (SSSR count). The molecule has 1 fully saturated rings. The second-order valence-corrected chi connectivity index (χ2v) is 6.58. The minimum absolute atomic E-state index is 0.396. The highest BCUT2D eigenvalue weighted by Crippen LogP contribution is 2.47. The third kappa shape index (κ3) is 3.63. The van der Waals surface area contributed by atoms with Crippen LogP contribution in [0.3, 0.4) is 0 Å². The average molecular weight is 277 g/mol. The molecule has 0 aromatic carbocycles. The minimum atomic E-state index is 0.396. The SMILES string of the molecule is CCCNCC(C)(Cc1cc(CC)nn1CC)C1CC1. The highest BCUT2D eigenvalue weighted by atomic mass is 15.3. The molecule has 1 aliphatic rings. The Morgan fingerprint density at radius 3 is 2.65 bits per heavy atom. The summed E-state index contributed by atoms with van der Waals surface area (Å²) < 4.78 is 2.21. The van der Waals surface area contributed by atoms with Crippen molar-refractivity contribution >= 4 is 0 Å². The molecular formula is C17H31N3. The van der Waals surface area contributed by atoms with Crippen LogP contribution in [0.4, 0.5) is 0 Å². The molecule has 3 heteroatoms. The second-order valence-electron chi connectivity index (χ2n) is 6.58. The van der Waals surface area contributed by atoms with Crippen LogP contribution in [0.1, 0.15) is 58.3 Å². The Labute approximate surface area is 124 Å². The third-order valence-electron chi connectivity index (χ3n) is 4.68. The summed E-state index contributed by atoms with van der Waals surface area (Å²) in [4.78, 5) is 0. The van der Waals surface area contributed by atoms with Gasteiger partial charge in [0.25, 0.3) is 0 Å². The van der Waals surface area contributed by atoms with E-state index in [0.29, 0.717) is 5.41 Å². The van der Waals surface area contributed by atoms with Crippen LogP contribution in [0.25, 0.3) is 0 Å². The van der Waals surface area contributed by atoms with Crippen LogP contribution in [0.2, 0.25) is 0 Å². The Bertz CT molecular complexity index is 420. The quantitative estimate of drug-likeness (QED) is 0.701. The van der Waals surface area contributed by atoms with Gasteiger partial charge in [0.05, 0.1) is 5.69 Å². The van der Waals surface area contributed by atoms with Gasteiger partial charge in [0.2, 0.25) is 0 Å². The highest BCUT2D eigenvalue weighted by molar-refractivity contribution is 5.14. The molecule has 0 radical (unpaired) electrons. The fourth-order valence-electron chi connectivity index (χ4n) is 3.20. The van der Waals surface area contributed by atoms with Gasteiger partial charge in [-0.3, -0.25) is 4.68 Å². The Balaban J connectivity index is 2.08. The molecule has 20 heavy (non-hydrogen) atoms. The van der Waals surface area contributed by atoms with E-state index >= 15 is 0 Å². The topological polar surface area (TPSA) is 29.9 Å². The lowest BCUT2D eigenvalue weighted by atomic mass is 9.80. The maximum absolute atomic E-state index is 4.70. The maximum atomic E-state index is 4.70. The molecule has 0 spiro atoms. The molecule has 114 valence electrons. The first-order valence-electron chi connectivity index (χ1n) is 8.39. The van der Waals surface area contributed by atoms with Crippen molar-refractivity contribution in [2.24, 2.45) is 11.3 Å². The van der Waals surface area contributed by atoms with E-state index in [4.69, 9.17) is 5.10 Å². The van der Waals surface area contributed by atoms with E-state index in [1.54, 1.807) is 0 Å². The van der Waals surface area contributed by atoms with Crippen LogP contribution >= 0.6 is 0 Å². The number of nitrogens with zero attached hydrogens (tertiary/aromatic N) is 2. The molecule has 1 saturated carbocycles. The van der Waals surface area contributed by atoms with Gasteiger partial charge in [0.1, 0.15) is 0 Å². The Kier molecular flexibility index (Phi) is 5.25. The molecule has 0 amide bonds. The van der Waals surface area contributed by atoms with Gasteiger partial charge in [-0.15, -0.1) is 0 Å². The van der Waals surface area contributed by atoms with E-state index in [1.807, 2.05) is 0 Å². The molecule has 0 aliphatic heterocycles. The van der Waals surface area contributed by atoms with Gasteiger partial charge in [-0.1, -0.05) is 20.8 Å². The number of rotatable bonds is 9. The molecule has 1 unspecified atom stereocenters. The molecule has 1 N–H and O–H groups in total. The van der Waals surface area contributed by atoms with Crippen LogP contribution in [-0.2, 0) is 19.4 Å². The number of nitrogens with one attached hydrogen (secondary N) is 1. The number of hydrogen-bond donors (Lipinski definition) is 1. The monoisotopic (exact) mass is 277 g/mol. The first kappa shape index (κ1) is 15.6. The van der Waals surface area contributed by atoms with E-state index in [2.05, 4.69) is 43.8 Å². The second kappa shape index (κ2) is 6.75. The Morgan fingerprint density at radius 2 is 2.10 bits per heavy atom. The minimum Gasteiger partial charge on any atom is -0.316 e. The lowest BCUT2D eigenvalue weighted by Crippen LogP contribution is -2.36. The number of hydrogen-bond acceptors (Lipinski definition) is 2. The zero-order valence-electron chi connectivity index (χ0n) is 13.7. The number of aryl methyl sites for hydroxylation is 2. The zero-order valence-corrected chi connectivity index (χ0v) is 13.7. The van der Waals surface area contributed by atoms with Crippen molar-refractivity contribution in [3.63, 3.8) is 0 Å². The van der Waals surface area contributed by atoms with Gasteiger partial charge >= 0.3 is 0 Å². The summed E-state index contributed by atoms with van der Waals surface area (Å²) in [5.41, 5.74) is 3.06. The van der Waals surface area contributed by atoms with Gasteiger partial charge < -0.3 is 5.32 Å². The van der Waals surface area contributed by atoms with Crippen molar-refractivity contribution < 1.29 is 0 Å². The fourth-order valence-corrected chi connectivity index (χ4v) is 3.20. The summed E-state index contributed by atoms with van der Waals surface area (Å²) in [6, 6.07) is 2.32. The van der Waals surface area contributed by atoms with Crippen LogP contribution in [0, 0.1) is 11.3 Å². The fraction of sp³-hybridized carbons (Fsp3) is 0.824. The van der Waals surface area contributed by atoms with Crippen molar-refractivity contribution in [1.82, 2.24) is 15.1 Å². The zero-order chi connectivity index (χ0) is 14.6. The van der Waals surface area contributed by atoms with Gasteiger partial charge in [-0.05, 0) is 63.0 Å². The van der Waals surface area contributed by atoms with Gasteiger partial charge in [0, 0.05) is 18.8 Å². The van der Waals surface area contributed by atoms with Crippen molar-refractivity contribution in [3.05, 3.63) is 17.5 Å². The van der Waals surface area contributed by atoms with E-state index in [9.17, 15) is 0 Å². The first-order chi connectivity index (χ1) is 9.62. The molecular weight excluding hydrogens is 246 g/mol. The van der Waals surface area contributed by atoms with E-state index in [0.717, 1.165) is 38.4 Å².